The summed E-state index contributed by atoms with van der Waals surface area (Å²) in [5.41, 5.74) is 0.761. The van der Waals surface area contributed by atoms with Gasteiger partial charge in [0.25, 0.3) is 5.91 Å². The highest BCUT2D eigenvalue weighted by Gasteiger charge is 2.12. The fourth-order valence-electron chi connectivity index (χ4n) is 2.46. The van der Waals surface area contributed by atoms with Crippen molar-refractivity contribution in [3.8, 4) is 5.75 Å². The molecule has 28 heavy (non-hydrogen) atoms. The van der Waals surface area contributed by atoms with Crippen LogP contribution < -0.4 is 10.1 Å². The third-order valence-electron chi connectivity index (χ3n) is 3.89. The molecule has 9 heteroatoms. The zero-order valence-corrected chi connectivity index (χ0v) is 15.8. The van der Waals surface area contributed by atoms with Crippen LogP contribution in [0.5, 0.6) is 5.75 Å². The molecule has 6 nitrogen and oxygen atoms in total. The minimum Gasteiger partial charge on any atom is -0.483 e. The van der Waals surface area contributed by atoms with Crippen molar-refractivity contribution in [3.63, 3.8) is 0 Å². The first-order chi connectivity index (χ1) is 13.4. The molecule has 0 atom stereocenters. The largest absolute Gasteiger partial charge is 0.483 e. The third-order valence-corrected chi connectivity index (χ3v) is 4.26. The molecule has 2 heterocycles. The molecule has 0 aliphatic carbocycles. The smallest absolute Gasteiger partial charge is 0.286 e. The highest BCUT2D eigenvalue weighted by Crippen LogP contribution is 2.19. The van der Waals surface area contributed by atoms with Crippen molar-refractivity contribution < 1.29 is 22.7 Å². The summed E-state index contributed by atoms with van der Waals surface area (Å²) in [6, 6.07) is 6.08. The third kappa shape index (κ3) is 5.10. The van der Waals surface area contributed by atoms with Crippen LogP contribution in [0, 0.1) is 18.6 Å². The SMILES string of the molecule is Cc1nn(CCCNC(=O)c2ccc(COc3ccc(F)cc3F)o2)cc1Cl. The van der Waals surface area contributed by atoms with E-state index in [9.17, 15) is 13.6 Å². The quantitative estimate of drug-likeness (QED) is 0.568. The molecular formula is C19H18ClF2N3O3. The molecule has 0 aliphatic rings. The second-order valence-electron chi connectivity index (χ2n) is 6.06. The van der Waals surface area contributed by atoms with Crippen LogP contribution in [-0.2, 0) is 13.2 Å². The minimum atomic E-state index is -0.807. The Morgan fingerprint density at radius 2 is 2.14 bits per heavy atom. The standard InChI is InChI=1S/C19H18ClF2N3O3/c1-12-15(20)10-25(24-12)8-2-7-23-19(26)18-6-4-14(28-18)11-27-17-5-3-13(21)9-16(17)22/h3-6,9-10H,2,7-8,11H2,1H3,(H,23,26). The van der Waals surface area contributed by atoms with Crippen molar-refractivity contribution in [2.45, 2.75) is 26.5 Å². The van der Waals surface area contributed by atoms with Crippen molar-refractivity contribution in [3.05, 3.63) is 70.4 Å². The number of aryl methyl sites for hydroxylation is 2. The molecule has 2 aromatic heterocycles. The molecule has 0 spiro atoms. The summed E-state index contributed by atoms with van der Waals surface area (Å²) in [7, 11) is 0. The fraction of sp³-hybridized carbons (Fsp3) is 0.263. The van der Waals surface area contributed by atoms with E-state index in [4.69, 9.17) is 20.8 Å². The van der Waals surface area contributed by atoms with Crippen molar-refractivity contribution in [2.24, 2.45) is 0 Å². The van der Waals surface area contributed by atoms with Gasteiger partial charge < -0.3 is 14.5 Å². The number of benzene rings is 1. The van der Waals surface area contributed by atoms with Gasteiger partial charge in [0, 0.05) is 25.4 Å². The summed E-state index contributed by atoms with van der Waals surface area (Å²) in [4.78, 5) is 12.1. The average Bonchev–Trinajstić information content (AvgIpc) is 3.25. The van der Waals surface area contributed by atoms with Crippen LogP contribution in [0.3, 0.4) is 0 Å². The maximum atomic E-state index is 13.5. The Labute approximate surface area is 165 Å². The van der Waals surface area contributed by atoms with Gasteiger partial charge in [-0.3, -0.25) is 9.48 Å². The molecule has 0 saturated carbocycles. The van der Waals surface area contributed by atoms with E-state index >= 15 is 0 Å². The lowest BCUT2D eigenvalue weighted by molar-refractivity contribution is 0.0920. The van der Waals surface area contributed by atoms with Crippen molar-refractivity contribution in [2.75, 3.05) is 6.54 Å². The molecule has 148 valence electrons. The van der Waals surface area contributed by atoms with Crippen molar-refractivity contribution in [1.82, 2.24) is 15.1 Å². The number of carbonyl (C=O) groups is 1. The highest BCUT2D eigenvalue weighted by molar-refractivity contribution is 6.31. The first-order valence-electron chi connectivity index (χ1n) is 8.56. The predicted molar refractivity (Wildman–Crippen MR) is 98.3 cm³/mol. The minimum absolute atomic E-state index is 0.0881. The Bertz CT molecular complexity index is 952. The van der Waals surface area contributed by atoms with Gasteiger partial charge in [0.15, 0.2) is 17.3 Å². The molecule has 0 aliphatic heterocycles. The van der Waals surface area contributed by atoms with E-state index in [2.05, 4.69) is 10.4 Å². The number of rotatable bonds is 8. The van der Waals surface area contributed by atoms with Crippen LogP contribution >= 0.6 is 11.6 Å². The topological polar surface area (TPSA) is 69.3 Å². The van der Waals surface area contributed by atoms with Crippen LogP contribution in [0.4, 0.5) is 8.78 Å². The van der Waals surface area contributed by atoms with E-state index in [-0.39, 0.29) is 24.0 Å². The van der Waals surface area contributed by atoms with E-state index in [0.717, 1.165) is 17.8 Å². The molecular weight excluding hydrogens is 392 g/mol. The van der Waals surface area contributed by atoms with Gasteiger partial charge in [0.1, 0.15) is 18.2 Å². The molecule has 3 aromatic rings. The Morgan fingerprint density at radius 3 is 2.86 bits per heavy atom. The number of halogens is 3. The number of nitrogens with one attached hydrogen (secondary N) is 1. The maximum absolute atomic E-state index is 13.5. The molecule has 0 fully saturated rings. The van der Waals surface area contributed by atoms with Crippen LogP contribution in [0.15, 0.2) is 40.9 Å². The molecule has 0 radical (unpaired) electrons. The van der Waals surface area contributed by atoms with E-state index < -0.39 is 11.6 Å². The van der Waals surface area contributed by atoms with E-state index in [1.807, 2.05) is 6.92 Å². The summed E-state index contributed by atoms with van der Waals surface area (Å²) >= 11 is 5.94. The molecule has 0 saturated heterocycles. The van der Waals surface area contributed by atoms with Gasteiger partial charge in [-0.15, -0.1) is 0 Å². The number of amides is 1. The molecule has 3 rings (SSSR count). The monoisotopic (exact) mass is 409 g/mol. The Balaban J connectivity index is 1.44. The van der Waals surface area contributed by atoms with Gasteiger partial charge in [-0.1, -0.05) is 11.6 Å². The molecule has 1 N–H and O–H groups in total. The van der Waals surface area contributed by atoms with Crippen LogP contribution in [0.1, 0.15) is 28.4 Å². The lowest BCUT2D eigenvalue weighted by Gasteiger charge is -2.05. The molecule has 1 amide bonds. The van der Waals surface area contributed by atoms with E-state index in [1.165, 1.54) is 12.1 Å². The van der Waals surface area contributed by atoms with Gasteiger partial charge in [-0.05, 0) is 37.6 Å². The number of carbonyl (C=O) groups excluding carboxylic acids is 1. The molecule has 0 unspecified atom stereocenters. The van der Waals surface area contributed by atoms with Crippen LogP contribution in [0.2, 0.25) is 5.02 Å². The van der Waals surface area contributed by atoms with Crippen LogP contribution in [0.25, 0.3) is 0 Å². The Morgan fingerprint density at radius 1 is 1.32 bits per heavy atom. The second-order valence-corrected chi connectivity index (χ2v) is 6.47. The van der Waals surface area contributed by atoms with Gasteiger partial charge in [-0.25, -0.2) is 8.78 Å². The number of hydrogen-bond donors (Lipinski definition) is 1. The summed E-state index contributed by atoms with van der Waals surface area (Å²) in [5, 5.41) is 7.59. The first kappa shape index (κ1) is 19.9. The molecule has 1 aromatic carbocycles. The number of nitrogens with zero attached hydrogens (tertiary/aromatic N) is 2. The second kappa shape index (κ2) is 8.88. The fourth-order valence-corrected chi connectivity index (χ4v) is 2.61. The predicted octanol–water partition coefficient (Wildman–Crippen LogP) is 4.12. The van der Waals surface area contributed by atoms with Crippen molar-refractivity contribution in [1.29, 1.82) is 0 Å². The lowest BCUT2D eigenvalue weighted by Crippen LogP contribution is -2.24. The summed E-state index contributed by atoms with van der Waals surface area (Å²) in [6.45, 7) is 2.79. The van der Waals surface area contributed by atoms with E-state index in [1.54, 1.807) is 16.9 Å². The maximum Gasteiger partial charge on any atom is 0.286 e. The van der Waals surface area contributed by atoms with Gasteiger partial charge in [0.2, 0.25) is 0 Å². The number of furan rings is 1. The van der Waals surface area contributed by atoms with Gasteiger partial charge in [-0.2, -0.15) is 5.10 Å². The number of aromatic nitrogens is 2. The van der Waals surface area contributed by atoms with E-state index in [0.29, 0.717) is 30.3 Å². The summed E-state index contributed by atoms with van der Waals surface area (Å²) < 4.78 is 38.8. The van der Waals surface area contributed by atoms with Crippen molar-refractivity contribution >= 4 is 17.5 Å². The zero-order chi connectivity index (χ0) is 20.1. The zero-order valence-electron chi connectivity index (χ0n) is 15.0. The first-order valence-corrected chi connectivity index (χ1v) is 8.94. The lowest BCUT2D eigenvalue weighted by atomic mass is 10.3. The van der Waals surface area contributed by atoms with Gasteiger partial charge >= 0.3 is 0 Å². The Hall–Kier alpha value is -2.87. The highest BCUT2D eigenvalue weighted by atomic mass is 35.5. The Kier molecular flexibility index (Phi) is 6.30. The summed E-state index contributed by atoms with van der Waals surface area (Å²) in [5.74, 6) is -1.50. The average molecular weight is 410 g/mol. The number of hydrogen-bond acceptors (Lipinski definition) is 4. The van der Waals surface area contributed by atoms with Gasteiger partial charge in [0.05, 0.1) is 10.7 Å². The molecule has 0 bridgehead atoms. The summed E-state index contributed by atoms with van der Waals surface area (Å²) in [6.07, 6.45) is 2.41. The number of ether oxygens (including phenoxy) is 1. The van der Waals surface area contributed by atoms with Crippen LogP contribution in [-0.4, -0.2) is 22.2 Å². The normalized spacial score (nSPS) is 10.9.